The molecule has 0 spiro atoms. The summed E-state index contributed by atoms with van der Waals surface area (Å²) in [5.41, 5.74) is 6.54. The lowest BCUT2D eigenvalue weighted by Crippen LogP contribution is -2.29. The molecule has 6 heteroatoms. The number of aryl methyl sites for hydroxylation is 1. The van der Waals surface area contributed by atoms with E-state index in [0.29, 0.717) is 31.0 Å². The molecule has 1 amide bonds. The van der Waals surface area contributed by atoms with E-state index in [1.54, 1.807) is 19.2 Å². The van der Waals surface area contributed by atoms with Gasteiger partial charge in [0, 0.05) is 25.8 Å². The molecule has 0 saturated heterocycles. The van der Waals surface area contributed by atoms with Crippen LogP contribution in [0.25, 0.3) is 0 Å². The summed E-state index contributed by atoms with van der Waals surface area (Å²) in [6, 6.07) is 1.75. The summed E-state index contributed by atoms with van der Waals surface area (Å²) in [4.78, 5) is 15.4. The zero-order valence-electron chi connectivity index (χ0n) is 10.7. The number of nitrogens with zero attached hydrogens (tertiary/aromatic N) is 1. The van der Waals surface area contributed by atoms with Crippen LogP contribution in [0.3, 0.4) is 0 Å². The minimum atomic E-state index is -0.486. The normalized spacial score (nSPS) is 12.2. The fraction of sp³-hybridized carbons (Fsp3) is 0.500. The molecule has 0 aliphatic rings. The number of hydrogen-bond donors (Lipinski definition) is 4. The number of primary amides is 1. The molecule has 0 aliphatic heterocycles. The highest BCUT2D eigenvalue weighted by atomic mass is 16.3. The molecule has 6 nitrogen and oxygen atoms in total. The molecule has 1 heterocycles. The zero-order chi connectivity index (χ0) is 13.5. The molecule has 0 radical (unpaired) electrons. The fourth-order valence-electron chi connectivity index (χ4n) is 1.58. The van der Waals surface area contributed by atoms with E-state index in [1.807, 2.05) is 6.92 Å². The standard InChI is InChI=1S/C12H20N4O2/c1-8-3-4-15-12(10(8)11(13)18)16-6-5-14-7-9(2)17/h3-4,9,14,17H,5-7H2,1-2H3,(H2,13,18)(H,15,16). The number of rotatable bonds is 7. The van der Waals surface area contributed by atoms with Gasteiger partial charge in [0.05, 0.1) is 11.7 Å². The van der Waals surface area contributed by atoms with E-state index in [4.69, 9.17) is 10.8 Å². The number of nitrogens with one attached hydrogen (secondary N) is 2. The van der Waals surface area contributed by atoms with Gasteiger partial charge in [0.15, 0.2) is 0 Å². The maximum Gasteiger partial charge on any atom is 0.252 e. The SMILES string of the molecule is Cc1ccnc(NCCNCC(C)O)c1C(N)=O. The van der Waals surface area contributed by atoms with Crippen molar-refractivity contribution in [3.63, 3.8) is 0 Å². The van der Waals surface area contributed by atoms with E-state index in [9.17, 15) is 4.79 Å². The number of amides is 1. The third-order valence-electron chi connectivity index (χ3n) is 2.44. The average molecular weight is 252 g/mol. The smallest absolute Gasteiger partial charge is 0.252 e. The highest BCUT2D eigenvalue weighted by Crippen LogP contribution is 2.15. The van der Waals surface area contributed by atoms with Crippen molar-refractivity contribution in [3.8, 4) is 0 Å². The molecule has 1 atom stereocenters. The number of anilines is 1. The Bertz CT molecular complexity index is 407. The van der Waals surface area contributed by atoms with Crippen LogP contribution in [0.2, 0.25) is 0 Å². The van der Waals surface area contributed by atoms with Crippen molar-refractivity contribution < 1.29 is 9.90 Å². The highest BCUT2D eigenvalue weighted by molar-refractivity contribution is 5.98. The first-order chi connectivity index (χ1) is 8.52. The van der Waals surface area contributed by atoms with Crippen LogP contribution in [0, 0.1) is 6.92 Å². The number of carbonyl (C=O) groups excluding carboxylic acids is 1. The molecule has 0 aromatic carbocycles. The molecule has 5 N–H and O–H groups in total. The molecule has 1 rings (SSSR count). The van der Waals surface area contributed by atoms with Crippen LogP contribution in [0.5, 0.6) is 0 Å². The molecule has 1 aromatic rings. The Morgan fingerprint density at radius 1 is 1.56 bits per heavy atom. The van der Waals surface area contributed by atoms with Crippen LogP contribution in [-0.2, 0) is 0 Å². The van der Waals surface area contributed by atoms with Gasteiger partial charge in [0.1, 0.15) is 5.82 Å². The van der Waals surface area contributed by atoms with Gasteiger partial charge in [-0.2, -0.15) is 0 Å². The van der Waals surface area contributed by atoms with Crippen molar-refractivity contribution in [3.05, 3.63) is 23.4 Å². The van der Waals surface area contributed by atoms with Gasteiger partial charge in [-0.15, -0.1) is 0 Å². The summed E-state index contributed by atoms with van der Waals surface area (Å²) < 4.78 is 0. The van der Waals surface area contributed by atoms with Gasteiger partial charge in [-0.05, 0) is 25.5 Å². The van der Waals surface area contributed by atoms with Gasteiger partial charge in [-0.25, -0.2) is 4.98 Å². The van der Waals surface area contributed by atoms with Crippen LogP contribution in [0.15, 0.2) is 12.3 Å². The van der Waals surface area contributed by atoms with Gasteiger partial charge in [0.2, 0.25) is 0 Å². The molecule has 0 fully saturated rings. The van der Waals surface area contributed by atoms with E-state index in [-0.39, 0.29) is 6.10 Å². The van der Waals surface area contributed by atoms with Crippen LogP contribution in [0.1, 0.15) is 22.8 Å². The molecule has 1 aromatic heterocycles. The second kappa shape index (κ2) is 6.93. The van der Waals surface area contributed by atoms with Crippen LogP contribution in [-0.4, -0.2) is 41.7 Å². The Kier molecular flexibility index (Phi) is 5.54. The summed E-state index contributed by atoms with van der Waals surface area (Å²) >= 11 is 0. The molecule has 0 aliphatic carbocycles. The van der Waals surface area contributed by atoms with Gasteiger partial charge < -0.3 is 21.5 Å². The maximum absolute atomic E-state index is 11.3. The number of pyridine rings is 1. The Morgan fingerprint density at radius 2 is 2.28 bits per heavy atom. The number of aliphatic hydroxyl groups is 1. The van der Waals surface area contributed by atoms with Crippen LogP contribution in [0.4, 0.5) is 5.82 Å². The Balaban J connectivity index is 2.52. The highest BCUT2D eigenvalue weighted by Gasteiger charge is 2.11. The maximum atomic E-state index is 11.3. The molecule has 0 saturated carbocycles. The van der Waals surface area contributed by atoms with Gasteiger partial charge >= 0.3 is 0 Å². The van der Waals surface area contributed by atoms with Crippen molar-refractivity contribution in [2.75, 3.05) is 25.0 Å². The minimum absolute atomic E-state index is 0.372. The van der Waals surface area contributed by atoms with Crippen molar-refractivity contribution >= 4 is 11.7 Å². The van der Waals surface area contributed by atoms with E-state index >= 15 is 0 Å². The van der Waals surface area contributed by atoms with E-state index in [2.05, 4.69) is 15.6 Å². The number of aromatic nitrogens is 1. The Morgan fingerprint density at radius 3 is 2.89 bits per heavy atom. The number of nitrogens with two attached hydrogens (primary N) is 1. The predicted octanol–water partition coefficient (Wildman–Crippen LogP) is -0.129. The van der Waals surface area contributed by atoms with Crippen molar-refractivity contribution in [1.29, 1.82) is 0 Å². The molecule has 100 valence electrons. The van der Waals surface area contributed by atoms with Gasteiger partial charge in [-0.3, -0.25) is 4.79 Å². The molecular weight excluding hydrogens is 232 g/mol. The molecule has 0 bridgehead atoms. The van der Waals surface area contributed by atoms with Crippen LogP contribution >= 0.6 is 0 Å². The summed E-state index contributed by atoms with van der Waals surface area (Å²) in [5.74, 6) is 0.0152. The lowest BCUT2D eigenvalue weighted by Gasteiger charge is -2.11. The second-order valence-electron chi connectivity index (χ2n) is 4.20. The first-order valence-corrected chi connectivity index (χ1v) is 5.90. The Labute approximate surface area is 107 Å². The third kappa shape index (κ3) is 4.31. The predicted molar refractivity (Wildman–Crippen MR) is 70.5 cm³/mol. The summed E-state index contributed by atoms with van der Waals surface area (Å²) in [6.07, 6.45) is 1.26. The summed E-state index contributed by atoms with van der Waals surface area (Å²) in [5, 5.41) is 15.2. The summed E-state index contributed by atoms with van der Waals surface area (Å²) in [6.45, 7) is 5.33. The summed E-state index contributed by atoms with van der Waals surface area (Å²) in [7, 11) is 0. The molecular formula is C12H20N4O2. The first kappa shape index (κ1) is 14.4. The Hall–Kier alpha value is -1.66. The number of carbonyl (C=O) groups is 1. The van der Waals surface area contributed by atoms with Crippen molar-refractivity contribution in [2.24, 2.45) is 5.73 Å². The lowest BCUT2D eigenvalue weighted by molar-refractivity contribution is 0.1000. The second-order valence-corrected chi connectivity index (χ2v) is 4.20. The number of hydrogen-bond acceptors (Lipinski definition) is 5. The van der Waals surface area contributed by atoms with Crippen molar-refractivity contribution in [1.82, 2.24) is 10.3 Å². The third-order valence-corrected chi connectivity index (χ3v) is 2.44. The largest absolute Gasteiger partial charge is 0.392 e. The topological polar surface area (TPSA) is 100 Å². The van der Waals surface area contributed by atoms with Crippen LogP contribution < -0.4 is 16.4 Å². The van der Waals surface area contributed by atoms with Crippen molar-refractivity contribution in [2.45, 2.75) is 20.0 Å². The quantitative estimate of drug-likeness (QED) is 0.507. The van der Waals surface area contributed by atoms with E-state index in [1.165, 1.54) is 0 Å². The van der Waals surface area contributed by atoms with E-state index in [0.717, 1.165) is 5.56 Å². The monoisotopic (exact) mass is 252 g/mol. The fourth-order valence-corrected chi connectivity index (χ4v) is 1.58. The van der Waals surface area contributed by atoms with Gasteiger partial charge in [0.25, 0.3) is 5.91 Å². The van der Waals surface area contributed by atoms with E-state index < -0.39 is 5.91 Å². The number of aliphatic hydroxyl groups excluding tert-OH is 1. The average Bonchev–Trinajstić information content (AvgIpc) is 2.27. The minimum Gasteiger partial charge on any atom is -0.392 e. The molecule has 1 unspecified atom stereocenters. The first-order valence-electron chi connectivity index (χ1n) is 5.90. The molecule has 18 heavy (non-hydrogen) atoms. The zero-order valence-corrected chi connectivity index (χ0v) is 10.7. The lowest BCUT2D eigenvalue weighted by atomic mass is 10.1. The van der Waals surface area contributed by atoms with Gasteiger partial charge in [-0.1, -0.05) is 0 Å².